The van der Waals surface area contributed by atoms with E-state index < -0.39 is 0 Å². The van der Waals surface area contributed by atoms with E-state index in [0.717, 1.165) is 70.4 Å². The van der Waals surface area contributed by atoms with E-state index >= 15 is 0 Å². The Balaban J connectivity index is 0.000000152. The first-order chi connectivity index (χ1) is 17.7. The summed E-state index contributed by atoms with van der Waals surface area (Å²) >= 11 is 6.86. The van der Waals surface area contributed by atoms with Gasteiger partial charge in [0.25, 0.3) is 11.1 Å². The topological polar surface area (TPSA) is 85.1 Å². The molecular weight excluding hydrogens is 600 g/mol. The van der Waals surface area contributed by atoms with Gasteiger partial charge in [-0.15, -0.1) is 0 Å². The van der Waals surface area contributed by atoms with Crippen molar-refractivity contribution in [2.24, 2.45) is 14.1 Å². The van der Waals surface area contributed by atoms with Gasteiger partial charge >= 0.3 is 0 Å². The highest BCUT2D eigenvalue weighted by molar-refractivity contribution is 9.10. The maximum atomic E-state index is 12.4. The molecule has 2 unspecified atom stereocenters. The normalized spacial score (nSPS) is 19.9. The van der Waals surface area contributed by atoms with Gasteiger partial charge in [0, 0.05) is 23.0 Å². The molecule has 4 aromatic rings. The van der Waals surface area contributed by atoms with E-state index in [1.165, 1.54) is 0 Å². The van der Waals surface area contributed by atoms with Gasteiger partial charge in [0.15, 0.2) is 0 Å². The number of nitrogens with one attached hydrogen (secondary N) is 1. The third-order valence-electron chi connectivity index (χ3n) is 7.34. The molecule has 2 atom stereocenters. The molecule has 0 aliphatic carbocycles. The highest BCUT2D eigenvalue weighted by atomic mass is 79.9. The summed E-state index contributed by atoms with van der Waals surface area (Å²) in [4.78, 5) is 36.3. The third-order valence-corrected chi connectivity index (χ3v) is 8.32. The highest BCUT2D eigenvalue weighted by Gasteiger charge is 2.27. The lowest BCUT2D eigenvalue weighted by molar-refractivity contribution is 0.298. The van der Waals surface area contributed by atoms with Crippen molar-refractivity contribution in [1.29, 1.82) is 0 Å². The van der Waals surface area contributed by atoms with Gasteiger partial charge in [-0.05, 0) is 82.2 Å². The summed E-state index contributed by atoms with van der Waals surface area (Å²) in [6.07, 6.45) is 4.40. The molecule has 0 bridgehead atoms. The van der Waals surface area contributed by atoms with E-state index in [1.807, 2.05) is 43.4 Å². The van der Waals surface area contributed by atoms with E-state index in [0.29, 0.717) is 10.8 Å². The summed E-state index contributed by atoms with van der Waals surface area (Å²) in [6, 6.07) is 11.7. The molecule has 2 aromatic carbocycles. The van der Waals surface area contributed by atoms with Gasteiger partial charge in [0.05, 0.1) is 33.9 Å². The molecule has 0 saturated carbocycles. The van der Waals surface area contributed by atoms with Crippen LogP contribution in [0.15, 0.2) is 54.9 Å². The molecule has 4 heterocycles. The zero-order valence-corrected chi connectivity index (χ0v) is 24.3. The molecule has 6 rings (SSSR count). The Morgan fingerprint density at radius 2 is 1.38 bits per heavy atom. The average Bonchev–Trinajstić information content (AvgIpc) is 3.56. The van der Waals surface area contributed by atoms with Crippen LogP contribution in [0.5, 0.6) is 0 Å². The van der Waals surface area contributed by atoms with Crippen LogP contribution in [0, 0.1) is 0 Å². The second-order valence-electron chi connectivity index (χ2n) is 9.78. The minimum atomic E-state index is 0.0243. The minimum absolute atomic E-state index is 0.0243. The number of hydrogen-bond donors (Lipinski definition) is 1. The number of benzene rings is 2. The van der Waals surface area contributed by atoms with Crippen molar-refractivity contribution in [2.75, 3.05) is 20.1 Å². The molecular formula is C27H30Br2N6O2. The Bertz CT molecular complexity index is 1590. The van der Waals surface area contributed by atoms with Crippen molar-refractivity contribution >= 4 is 53.7 Å². The van der Waals surface area contributed by atoms with Crippen molar-refractivity contribution in [1.82, 2.24) is 29.3 Å². The fraction of sp³-hybridized carbons (Fsp3) is 0.407. The maximum absolute atomic E-state index is 12.4. The monoisotopic (exact) mass is 628 g/mol. The number of rotatable bonds is 2. The second-order valence-corrected chi connectivity index (χ2v) is 11.6. The van der Waals surface area contributed by atoms with Crippen molar-refractivity contribution < 1.29 is 0 Å². The molecule has 10 heteroatoms. The van der Waals surface area contributed by atoms with Crippen molar-refractivity contribution in [3.8, 4) is 0 Å². The lowest BCUT2D eigenvalue weighted by Crippen LogP contribution is -2.28. The lowest BCUT2D eigenvalue weighted by Gasteiger charge is -2.21. The van der Waals surface area contributed by atoms with Crippen LogP contribution in [-0.4, -0.2) is 44.1 Å². The van der Waals surface area contributed by atoms with Gasteiger partial charge in [-0.3, -0.25) is 23.6 Å². The van der Waals surface area contributed by atoms with Gasteiger partial charge in [0.1, 0.15) is 11.6 Å². The Morgan fingerprint density at radius 3 is 1.89 bits per heavy atom. The molecule has 0 spiro atoms. The zero-order chi connectivity index (χ0) is 26.3. The van der Waals surface area contributed by atoms with Crippen LogP contribution in [0.2, 0.25) is 0 Å². The SMILES string of the molecule is CN1CCCC1c1nc2cc(Br)ccc2c(=O)n1C.Cn1c(C2CCCN2)nc2cc(Br)ccc2c1=O. The van der Waals surface area contributed by atoms with E-state index in [1.54, 1.807) is 16.2 Å². The Hall–Kier alpha value is -2.40. The lowest BCUT2D eigenvalue weighted by atomic mass is 10.2. The predicted octanol–water partition coefficient (Wildman–Crippen LogP) is 4.58. The number of hydrogen-bond acceptors (Lipinski definition) is 6. The van der Waals surface area contributed by atoms with Crippen LogP contribution in [-0.2, 0) is 14.1 Å². The van der Waals surface area contributed by atoms with Crippen LogP contribution in [0.1, 0.15) is 49.4 Å². The second kappa shape index (κ2) is 10.8. The fourth-order valence-corrected chi connectivity index (χ4v) is 5.97. The molecule has 2 aliphatic heterocycles. The summed E-state index contributed by atoms with van der Waals surface area (Å²) in [6.45, 7) is 2.06. The fourth-order valence-electron chi connectivity index (χ4n) is 5.27. The quantitative estimate of drug-likeness (QED) is 0.349. The average molecular weight is 630 g/mol. The Morgan fingerprint density at radius 1 is 0.811 bits per heavy atom. The number of aromatic nitrogens is 4. The van der Waals surface area contributed by atoms with E-state index in [-0.39, 0.29) is 23.2 Å². The smallest absolute Gasteiger partial charge is 0.261 e. The molecule has 8 nitrogen and oxygen atoms in total. The first-order valence-electron chi connectivity index (χ1n) is 12.5. The van der Waals surface area contributed by atoms with Gasteiger partial charge in [0.2, 0.25) is 0 Å². The van der Waals surface area contributed by atoms with Crippen LogP contribution in [0.3, 0.4) is 0 Å². The van der Waals surface area contributed by atoms with Crippen molar-refractivity contribution in [3.63, 3.8) is 0 Å². The molecule has 194 valence electrons. The van der Waals surface area contributed by atoms with Crippen molar-refractivity contribution in [2.45, 2.75) is 37.8 Å². The van der Waals surface area contributed by atoms with E-state index in [2.05, 4.69) is 54.1 Å². The molecule has 0 amide bonds. The number of halogens is 2. The molecule has 2 aromatic heterocycles. The molecule has 1 N–H and O–H groups in total. The summed E-state index contributed by atoms with van der Waals surface area (Å²) in [5.74, 6) is 1.71. The summed E-state index contributed by atoms with van der Waals surface area (Å²) in [5.41, 5.74) is 1.59. The molecule has 37 heavy (non-hydrogen) atoms. The molecule has 2 fully saturated rings. The van der Waals surface area contributed by atoms with Crippen LogP contribution < -0.4 is 16.4 Å². The van der Waals surface area contributed by atoms with Crippen LogP contribution in [0.25, 0.3) is 21.8 Å². The Labute approximate surface area is 232 Å². The number of nitrogens with zero attached hydrogens (tertiary/aromatic N) is 5. The summed E-state index contributed by atoms with van der Waals surface area (Å²) in [5, 5.41) is 4.73. The van der Waals surface area contributed by atoms with E-state index in [4.69, 9.17) is 4.98 Å². The van der Waals surface area contributed by atoms with Crippen molar-refractivity contribution in [3.05, 3.63) is 77.7 Å². The minimum Gasteiger partial charge on any atom is -0.307 e. The number of likely N-dealkylation sites (tertiary alicyclic amines) is 1. The molecule has 0 radical (unpaired) electrons. The predicted molar refractivity (Wildman–Crippen MR) is 154 cm³/mol. The third kappa shape index (κ3) is 5.16. The number of fused-ring (bicyclic) bond motifs is 2. The van der Waals surface area contributed by atoms with Crippen LogP contribution in [0.4, 0.5) is 0 Å². The zero-order valence-electron chi connectivity index (χ0n) is 21.2. The van der Waals surface area contributed by atoms with E-state index in [9.17, 15) is 9.59 Å². The standard InChI is InChI=1S/C14H16BrN3O.C13H14BrN3O/c1-17-7-3-4-12(17)13-16-11-8-9(15)5-6-10(11)14(19)18(13)2;1-17-12(10-3-2-6-15-10)16-11-7-8(14)4-5-9(11)13(17)18/h5-6,8,12H,3-4,7H2,1-2H3;4-5,7,10,15H,2-3,6H2,1H3. The maximum Gasteiger partial charge on any atom is 0.261 e. The van der Waals surface area contributed by atoms with Gasteiger partial charge < -0.3 is 5.32 Å². The van der Waals surface area contributed by atoms with Gasteiger partial charge in [-0.1, -0.05) is 31.9 Å². The van der Waals surface area contributed by atoms with Gasteiger partial charge in [-0.25, -0.2) is 9.97 Å². The summed E-state index contributed by atoms with van der Waals surface area (Å²) in [7, 11) is 5.71. The first kappa shape index (κ1) is 26.2. The molecule has 2 saturated heterocycles. The molecule has 2 aliphatic rings. The van der Waals surface area contributed by atoms with Crippen LogP contribution >= 0.6 is 31.9 Å². The summed E-state index contributed by atoms with van der Waals surface area (Å²) < 4.78 is 5.26. The largest absolute Gasteiger partial charge is 0.307 e. The Kier molecular flexibility index (Phi) is 7.63. The first-order valence-corrected chi connectivity index (χ1v) is 14.1. The highest BCUT2D eigenvalue weighted by Crippen LogP contribution is 2.29. The van der Waals surface area contributed by atoms with Gasteiger partial charge in [-0.2, -0.15) is 0 Å².